The van der Waals surface area contributed by atoms with Crippen LogP contribution in [-0.4, -0.2) is 70.5 Å². The Morgan fingerprint density at radius 3 is 2.41 bits per heavy atom. The zero-order valence-corrected chi connectivity index (χ0v) is 18.8. The molecule has 0 atom stereocenters. The predicted octanol–water partition coefficient (Wildman–Crippen LogP) is 2.78. The number of anilines is 2. The fourth-order valence-corrected chi connectivity index (χ4v) is 3.80. The number of nitrogens with zero attached hydrogens (tertiary/aromatic N) is 4. The maximum Gasteiger partial charge on any atom is 0.278 e. The summed E-state index contributed by atoms with van der Waals surface area (Å²) >= 11 is 0. The minimum Gasteiger partial charge on any atom is -0.382 e. The molecular formula is C25H27N7O2. The molecular weight excluding hydrogens is 430 g/mol. The molecule has 0 saturated carbocycles. The number of hydrogen-bond donors (Lipinski definition) is 3. The molecule has 2 aromatic carbocycles. The van der Waals surface area contributed by atoms with Gasteiger partial charge in [-0.2, -0.15) is 0 Å². The van der Waals surface area contributed by atoms with Crippen molar-refractivity contribution in [2.24, 2.45) is 0 Å². The molecule has 0 bridgehead atoms. The Hall–Kier alpha value is -4.11. The molecule has 0 unspecified atom stereocenters. The summed E-state index contributed by atoms with van der Waals surface area (Å²) in [6.07, 6.45) is 3.67. The smallest absolute Gasteiger partial charge is 0.278 e. The molecule has 1 aromatic heterocycles. The van der Waals surface area contributed by atoms with E-state index in [1.165, 1.54) is 12.4 Å². The van der Waals surface area contributed by atoms with Gasteiger partial charge in [-0.25, -0.2) is 9.97 Å². The van der Waals surface area contributed by atoms with Crippen molar-refractivity contribution in [2.45, 2.75) is 6.42 Å². The average Bonchev–Trinajstić information content (AvgIpc) is 2.88. The number of amides is 2. The molecule has 1 saturated heterocycles. The highest BCUT2D eigenvalue weighted by Crippen LogP contribution is 2.21. The summed E-state index contributed by atoms with van der Waals surface area (Å²) in [5, 5.41) is 9.93. The van der Waals surface area contributed by atoms with E-state index in [4.69, 9.17) is 11.1 Å². The molecule has 3 aromatic rings. The number of benzene rings is 2. The lowest BCUT2D eigenvalue weighted by Gasteiger charge is -2.34. The quantitative estimate of drug-likeness (QED) is 0.468. The van der Waals surface area contributed by atoms with Crippen molar-refractivity contribution in [3.05, 3.63) is 72.1 Å². The number of nitrogens with one attached hydrogen (secondary N) is 2. The van der Waals surface area contributed by atoms with E-state index in [9.17, 15) is 9.59 Å². The van der Waals surface area contributed by atoms with E-state index in [-0.39, 0.29) is 17.4 Å². The Kier molecular flexibility index (Phi) is 7.24. The molecule has 1 aliphatic rings. The SMILES string of the molecule is N=CCCN1CCN(C(=O)c2ccc(-c3cnc(N)c(C(=O)Nc4ccccc4)n3)cc2)CC1. The van der Waals surface area contributed by atoms with Crippen molar-refractivity contribution in [1.82, 2.24) is 19.8 Å². The van der Waals surface area contributed by atoms with Crippen LogP contribution in [0.5, 0.6) is 0 Å². The fraction of sp³-hybridized carbons (Fsp3) is 0.240. The van der Waals surface area contributed by atoms with Gasteiger partial charge in [-0.1, -0.05) is 30.3 Å². The van der Waals surface area contributed by atoms with Gasteiger partial charge in [-0.3, -0.25) is 14.5 Å². The van der Waals surface area contributed by atoms with E-state index >= 15 is 0 Å². The normalized spacial score (nSPS) is 13.9. The highest BCUT2D eigenvalue weighted by atomic mass is 16.2. The van der Waals surface area contributed by atoms with E-state index in [1.807, 2.05) is 23.1 Å². The van der Waals surface area contributed by atoms with Crippen LogP contribution in [0.15, 0.2) is 60.8 Å². The van der Waals surface area contributed by atoms with Gasteiger partial charge in [0, 0.05) is 49.5 Å². The molecule has 2 heterocycles. The molecule has 0 aliphatic carbocycles. The first kappa shape index (κ1) is 23.1. The lowest BCUT2D eigenvalue weighted by Crippen LogP contribution is -2.48. The van der Waals surface area contributed by atoms with Gasteiger partial charge in [0.25, 0.3) is 11.8 Å². The van der Waals surface area contributed by atoms with Gasteiger partial charge in [0.05, 0.1) is 11.9 Å². The molecule has 34 heavy (non-hydrogen) atoms. The van der Waals surface area contributed by atoms with Crippen molar-refractivity contribution in [1.29, 1.82) is 5.41 Å². The molecule has 174 valence electrons. The van der Waals surface area contributed by atoms with Gasteiger partial charge in [0.1, 0.15) is 0 Å². The Balaban J connectivity index is 1.43. The van der Waals surface area contributed by atoms with Crippen LogP contribution in [0.25, 0.3) is 11.3 Å². The first-order valence-corrected chi connectivity index (χ1v) is 11.1. The topological polar surface area (TPSA) is 128 Å². The minimum absolute atomic E-state index is 0.00966. The molecule has 2 amide bonds. The Bertz CT molecular complexity index is 1160. The van der Waals surface area contributed by atoms with Crippen molar-refractivity contribution >= 4 is 29.5 Å². The number of carbonyl (C=O) groups is 2. The highest BCUT2D eigenvalue weighted by Gasteiger charge is 2.22. The summed E-state index contributed by atoms with van der Waals surface area (Å²) in [4.78, 5) is 38.2. The second kappa shape index (κ2) is 10.7. The summed E-state index contributed by atoms with van der Waals surface area (Å²) in [5.74, 6) is -0.405. The third kappa shape index (κ3) is 5.44. The number of nitrogens with two attached hydrogens (primary N) is 1. The summed E-state index contributed by atoms with van der Waals surface area (Å²) in [6, 6.07) is 16.2. The summed E-state index contributed by atoms with van der Waals surface area (Å²) in [5.41, 5.74) is 8.41. The van der Waals surface area contributed by atoms with Gasteiger partial charge in [-0.05, 0) is 36.9 Å². The summed E-state index contributed by atoms with van der Waals surface area (Å²) < 4.78 is 0. The lowest BCUT2D eigenvalue weighted by molar-refractivity contribution is 0.0640. The predicted molar refractivity (Wildman–Crippen MR) is 132 cm³/mol. The number of aromatic nitrogens is 2. The molecule has 4 N–H and O–H groups in total. The van der Waals surface area contributed by atoms with Crippen LogP contribution in [0.4, 0.5) is 11.5 Å². The van der Waals surface area contributed by atoms with E-state index in [0.717, 1.165) is 31.6 Å². The van der Waals surface area contributed by atoms with E-state index in [0.29, 0.717) is 30.0 Å². The summed E-state index contributed by atoms with van der Waals surface area (Å²) in [7, 11) is 0. The molecule has 4 rings (SSSR count). The van der Waals surface area contributed by atoms with E-state index < -0.39 is 5.91 Å². The molecule has 9 nitrogen and oxygen atoms in total. The number of carbonyl (C=O) groups excluding carboxylic acids is 2. The van der Waals surface area contributed by atoms with Crippen LogP contribution in [-0.2, 0) is 0 Å². The number of piperazine rings is 1. The van der Waals surface area contributed by atoms with Gasteiger partial charge >= 0.3 is 0 Å². The van der Waals surface area contributed by atoms with Crippen LogP contribution >= 0.6 is 0 Å². The van der Waals surface area contributed by atoms with Gasteiger partial charge in [0.15, 0.2) is 11.5 Å². The minimum atomic E-state index is -0.440. The second-order valence-electron chi connectivity index (χ2n) is 8.01. The number of hydrogen-bond acceptors (Lipinski definition) is 7. The van der Waals surface area contributed by atoms with Crippen molar-refractivity contribution in [3.63, 3.8) is 0 Å². The largest absolute Gasteiger partial charge is 0.382 e. The van der Waals surface area contributed by atoms with Crippen LogP contribution < -0.4 is 11.1 Å². The Morgan fingerprint density at radius 1 is 1.03 bits per heavy atom. The highest BCUT2D eigenvalue weighted by molar-refractivity contribution is 6.06. The van der Waals surface area contributed by atoms with Crippen molar-refractivity contribution in [2.75, 3.05) is 43.8 Å². The van der Waals surface area contributed by atoms with Crippen LogP contribution in [0.3, 0.4) is 0 Å². The van der Waals surface area contributed by atoms with Gasteiger partial charge in [-0.15, -0.1) is 0 Å². The molecule has 0 spiro atoms. The van der Waals surface area contributed by atoms with Crippen LogP contribution in [0.1, 0.15) is 27.3 Å². The molecule has 1 aliphatic heterocycles. The number of para-hydroxylation sites is 1. The number of nitrogen functional groups attached to an aromatic ring is 1. The maximum atomic E-state index is 12.9. The van der Waals surface area contributed by atoms with Crippen LogP contribution in [0, 0.1) is 5.41 Å². The van der Waals surface area contributed by atoms with E-state index in [1.54, 1.807) is 36.4 Å². The zero-order valence-electron chi connectivity index (χ0n) is 18.8. The molecule has 1 fully saturated rings. The second-order valence-corrected chi connectivity index (χ2v) is 8.01. The standard InChI is InChI=1S/C25H27N7O2/c26-11-4-12-31-13-15-32(16-14-31)25(34)19-9-7-18(8-10-19)21-17-28-23(27)22(30-21)24(33)29-20-5-2-1-3-6-20/h1-3,5-11,17,26H,4,12-16H2,(H2,27,28)(H,29,33). The molecule has 0 radical (unpaired) electrons. The first-order valence-electron chi connectivity index (χ1n) is 11.1. The zero-order chi connectivity index (χ0) is 23.9. The third-order valence-corrected chi connectivity index (χ3v) is 5.72. The van der Waals surface area contributed by atoms with Crippen LogP contribution in [0.2, 0.25) is 0 Å². The van der Waals surface area contributed by atoms with Crippen molar-refractivity contribution < 1.29 is 9.59 Å². The number of rotatable bonds is 7. The average molecular weight is 458 g/mol. The Labute approximate surface area is 198 Å². The lowest BCUT2D eigenvalue weighted by atomic mass is 10.1. The van der Waals surface area contributed by atoms with E-state index in [2.05, 4.69) is 20.2 Å². The monoisotopic (exact) mass is 457 g/mol. The molecule has 9 heteroatoms. The van der Waals surface area contributed by atoms with Gasteiger partial charge < -0.3 is 21.4 Å². The fourth-order valence-electron chi connectivity index (χ4n) is 3.80. The maximum absolute atomic E-state index is 12.9. The first-order chi connectivity index (χ1) is 16.5. The van der Waals surface area contributed by atoms with Gasteiger partial charge in [0.2, 0.25) is 0 Å². The Morgan fingerprint density at radius 2 is 1.74 bits per heavy atom. The summed E-state index contributed by atoms with van der Waals surface area (Å²) in [6.45, 7) is 3.82. The van der Waals surface area contributed by atoms with Crippen molar-refractivity contribution in [3.8, 4) is 11.3 Å². The third-order valence-electron chi connectivity index (χ3n) is 5.72.